The summed E-state index contributed by atoms with van der Waals surface area (Å²) in [5, 5.41) is 0. The minimum absolute atomic E-state index is 0.206. The normalized spacial score (nSPS) is 38.2. The topological polar surface area (TPSA) is 18.5 Å². The maximum absolute atomic E-state index is 6.21. The molecule has 0 amide bonds. The van der Waals surface area contributed by atoms with Gasteiger partial charge >= 0.3 is 0 Å². The lowest BCUT2D eigenvalue weighted by Crippen LogP contribution is -2.47. The predicted molar refractivity (Wildman–Crippen MR) is 60.9 cm³/mol. The van der Waals surface area contributed by atoms with Crippen molar-refractivity contribution in [1.82, 2.24) is 0 Å². The van der Waals surface area contributed by atoms with Gasteiger partial charge in [0.1, 0.15) is 0 Å². The van der Waals surface area contributed by atoms with E-state index in [0.717, 1.165) is 6.61 Å². The molecule has 1 heterocycles. The lowest BCUT2D eigenvalue weighted by atomic mass is 9.88. The van der Waals surface area contributed by atoms with E-state index in [-0.39, 0.29) is 11.5 Å². The second kappa shape index (κ2) is 4.42. The van der Waals surface area contributed by atoms with Crippen LogP contribution in [-0.4, -0.2) is 24.9 Å². The molecule has 1 saturated carbocycles. The van der Waals surface area contributed by atoms with Gasteiger partial charge < -0.3 is 9.47 Å². The van der Waals surface area contributed by atoms with E-state index in [1.807, 2.05) is 0 Å². The third-order valence-corrected chi connectivity index (χ3v) is 3.66. The second-order valence-corrected chi connectivity index (χ2v) is 6.04. The molecule has 0 spiro atoms. The fourth-order valence-electron chi connectivity index (χ4n) is 2.50. The molecule has 2 rings (SSSR count). The van der Waals surface area contributed by atoms with Gasteiger partial charge in [0.05, 0.1) is 24.9 Å². The molecule has 0 aromatic heterocycles. The second-order valence-electron chi connectivity index (χ2n) is 6.04. The smallest absolute Gasteiger partial charge is 0.0861 e. The molecule has 1 aliphatic carbocycles. The Bertz CT molecular complexity index is 207. The molecule has 2 nitrogen and oxygen atoms in total. The van der Waals surface area contributed by atoms with E-state index < -0.39 is 0 Å². The fraction of sp³-hybridized carbons (Fsp3) is 1.00. The third kappa shape index (κ3) is 2.73. The Hall–Kier alpha value is -0.0800. The lowest BCUT2D eigenvalue weighted by molar-refractivity contribution is -0.207. The highest BCUT2D eigenvalue weighted by molar-refractivity contribution is 4.85. The molecular formula is C13H24O2. The average Bonchev–Trinajstić information content (AvgIpc) is 2.39. The van der Waals surface area contributed by atoms with Crippen molar-refractivity contribution in [3.8, 4) is 0 Å². The van der Waals surface area contributed by atoms with Crippen LogP contribution in [0.3, 0.4) is 0 Å². The Labute approximate surface area is 93.3 Å². The highest BCUT2D eigenvalue weighted by atomic mass is 16.6. The Morgan fingerprint density at radius 1 is 0.933 bits per heavy atom. The molecule has 88 valence electrons. The van der Waals surface area contributed by atoms with Gasteiger partial charge in [-0.2, -0.15) is 0 Å². The molecule has 2 heteroatoms. The lowest BCUT2D eigenvalue weighted by Gasteiger charge is -2.41. The number of hydrogen-bond acceptors (Lipinski definition) is 2. The summed E-state index contributed by atoms with van der Waals surface area (Å²) in [6.07, 6.45) is 7.37. The molecule has 0 N–H and O–H groups in total. The number of hydrogen-bond donors (Lipinski definition) is 0. The molecule has 2 aliphatic rings. The summed E-state index contributed by atoms with van der Waals surface area (Å²) in [5.41, 5.74) is 0.206. The zero-order valence-corrected chi connectivity index (χ0v) is 10.3. The van der Waals surface area contributed by atoms with Gasteiger partial charge in [0.2, 0.25) is 0 Å². The first-order valence-electron chi connectivity index (χ1n) is 6.34. The Kier molecular flexibility index (Phi) is 3.36. The van der Waals surface area contributed by atoms with Gasteiger partial charge in [0.15, 0.2) is 0 Å². The van der Waals surface area contributed by atoms with E-state index >= 15 is 0 Å². The van der Waals surface area contributed by atoms with Crippen molar-refractivity contribution in [2.45, 2.75) is 71.2 Å². The van der Waals surface area contributed by atoms with Gasteiger partial charge in [-0.3, -0.25) is 0 Å². The van der Waals surface area contributed by atoms with Crippen molar-refractivity contribution in [1.29, 1.82) is 0 Å². The van der Waals surface area contributed by atoms with Crippen LogP contribution < -0.4 is 0 Å². The quantitative estimate of drug-likeness (QED) is 0.614. The van der Waals surface area contributed by atoms with Crippen LogP contribution in [0.15, 0.2) is 0 Å². The van der Waals surface area contributed by atoms with Crippen LogP contribution in [0.4, 0.5) is 0 Å². The van der Waals surface area contributed by atoms with Gasteiger partial charge in [0.25, 0.3) is 0 Å². The Morgan fingerprint density at radius 2 is 1.60 bits per heavy atom. The summed E-state index contributed by atoms with van der Waals surface area (Å²) in [6, 6.07) is 0. The molecule has 0 radical (unpaired) electrons. The summed E-state index contributed by atoms with van der Waals surface area (Å²) < 4.78 is 12.2. The van der Waals surface area contributed by atoms with E-state index in [2.05, 4.69) is 20.8 Å². The summed E-state index contributed by atoms with van der Waals surface area (Å²) in [6.45, 7) is 7.48. The molecule has 0 bridgehead atoms. The molecule has 3 atom stereocenters. The van der Waals surface area contributed by atoms with Crippen molar-refractivity contribution in [2.24, 2.45) is 5.41 Å². The first-order valence-corrected chi connectivity index (χ1v) is 6.34. The van der Waals surface area contributed by atoms with Gasteiger partial charge in [-0.1, -0.05) is 40.0 Å². The molecule has 2 fully saturated rings. The Morgan fingerprint density at radius 3 is 2.27 bits per heavy atom. The molecule has 1 saturated heterocycles. The first-order chi connectivity index (χ1) is 7.07. The molecule has 3 unspecified atom stereocenters. The van der Waals surface area contributed by atoms with E-state index in [1.54, 1.807) is 0 Å². The van der Waals surface area contributed by atoms with Crippen molar-refractivity contribution < 1.29 is 9.47 Å². The van der Waals surface area contributed by atoms with E-state index in [9.17, 15) is 0 Å². The van der Waals surface area contributed by atoms with Crippen LogP contribution in [-0.2, 0) is 9.47 Å². The molecular weight excluding hydrogens is 188 g/mol. The largest absolute Gasteiger partial charge is 0.373 e. The number of ether oxygens (including phenoxy) is 2. The third-order valence-electron chi connectivity index (χ3n) is 3.66. The van der Waals surface area contributed by atoms with Crippen LogP contribution in [0.5, 0.6) is 0 Å². The van der Waals surface area contributed by atoms with E-state index in [1.165, 1.54) is 32.1 Å². The van der Waals surface area contributed by atoms with Crippen molar-refractivity contribution in [3.63, 3.8) is 0 Å². The monoisotopic (exact) mass is 212 g/mol. The molecule has 0 aromatic carbocycles. The number of fused-ring (bicyclic) bond motifs is 1. The zero-order valence-electron chi connectivity index (χ0n) is 10.3. The van der Waals surface area contributed by atoms with E-state index in [4.69, 9.17) is 9.47 Å². The summed E-state index contributed by atoms with van der Waals surface area (Å²) in [5.74, 6) is 0. The highest BCUT2D eigenvalue weighted by Gasteiger charge is 2.37. The van der Waals surface area contributed by atoms with Crippen LogP contribution in [0, 0.1) is 5.41 Å². The van der Waals surface area contributed by atoms with Crippen molar-refractivity contribution >= 4 is 0 Å². The molecule has 0 aromatic rings. The molecule has 1 aliphatic heterocycles. The van der Waals surface area contributed by atoms with E-state index in [0.29, 0.717) is 12.2 Å². The minimum atomic E-state index is 0.206. The minimum Gasteiger partial charge on any atom is -0.373 e. The van der Waals surface area contributed by atoms with Gasteiger partial charge in [-0.15, -0.1) is 0 Å². The van der Waals surface area contributed by atoms with Crippen LogP contribution >= 0.6 is 0 Å². The zero-order chi connectivity index (χ0) is 10.9. The predicted octanol–water partition coefficient (Wildman–Crippen LogP) is 3.15. The summed E-state index contributed by atoms with van der Waals surface area (Å²) in [4.78, 5) is 0. The van der Waals surface area contributed by atoms with Crippen molar-refractivity contribution in [3.05, 3.63) is 0 Å². The average molecular weight is 212 g/mol. The van der Waals surface area contributed by atoms with Gasteiger partial charge in [-0.25, -0.2) is 0 Å². The van der Waals surface area contributed by atoms with Gasteiger partial charge in [0, 0.05) is 0 Å². The maximum atomic E-state index is 6.21. The highest BCUT2D eigenvalue weighted by Crippen LogP contribution is 2.33. The fourth-order valence-corrected chi connectivity index (χ4v) is 2.50. The van der Waals surface area contributed by atoms with Crippen LogP contribution in [0.2, 0.25) is 0 Å². The van der Waals surface area contributed by atoms with Crippen LogP contribution in [0.25, 0.3) is 0 Å². The molecule has 15 heavy (non-hydrogen) atoms. The summed E-state index contributed by atoms with van der Waals surface area (Å²) in [7, 11) is 0. The first kappa shape index (κ1) is 11.4. The van der Waals surface area contributed by atoms with Gasteiger partial charge in [-0.05, 0) is 18.3 Å². The Balaban J connectivity index is 1.97. The summed E-state index contributed by atoms with van der Waals surface area (Å²) >= 11 is 0. The van der Waals surface area contributed by atoms with Crippen LogP contribution in [0.1, 0.15) is 52.9 Å². The van der Waals surface area contributed by atoms with Crippen molar-refractivity contribution in [2.75, 3.05) is 6.61 Å². The SMILES string of the molecule is CC(C)(C)C1COC2CCCCCC2O1. The number of rotatable bonds is 0. The standard InChI is InChI=1S/C13H24O2/c1-13(2,3)12-9-14-10-7-5-4-6-8-11(10)15-12/h10-12H,4-9H2,1-3H3. The maximum Gasteiger partial charge on any atom is 0.0861 e.